The van der Waals surface area contributed by atoms with Gasteiger partial charge < -0.3 is 9.67 Å². The minimum atomic E-state index is -0.917. The maximum absolute atomic E-state index is 10.8. The van der Waals surface area contributed by atoms with Gasteiger partial charge in [-0.3, -0.25) is 0 Å². The van der Waals surface area contributed by atoms with Gasteiger partial charge in [0.15, 0.2) is 0 Å². The predicted molar refractivity (Wildman–Crippen MR) is 93.5 cm³/mol. The van der Waals surface area contributed by atoms with Gasteiger partial charge in [0.2, 0.25) is 0 Å². The summed E-state index contributed by atoms with van der Waals surface area (Å²) in [6.45, 7) is 4.73. The Hall–Kier alpha value is -2.81. The number of carbonyl (C=O) groups is 1. The largest absolute Gasteiger partial charge is 0.478 e. The number of aryl methyl sites for hydroxylation is 1. The smallest absolute Gasteiger partial charge is 0.328 e. The van der Waals surface area contributed by atoms with Gasteiger partial charge in [0, 0.05) is 29.7 Å². The summed E-state index contributed by atoms with van der Waals surface area (Å²) in [5, 5.41) is 9.98. The van der Waals surface area contributed by atoms with Gasteiger partial charge in [-0.05, 0) is 48.7 Å². The second-order valence-electron chi connectivity index (χ2n) is 5.87. The molecule has 1 heterocycles. The van der Waals surface area contributed by atoms with Crippen molar-refractivity contribution in [1.29, 1.82) is 0 Å². The fourth-order valence-electron chi connectivity index (χ4n) is 2.74. The molecule has 116 valence electrons. The SMILES string of the molecule is CC(=CC(=O)O)c1ccc2c(ccn2Cc2ccc(C)cc2)c1. The third-order valence-electron chi connectivity index (χ3n) is 4.04. The van der Waals surface area contributed by atoms with Crippen LogP contribution in [0.4, 0.5) is 0 Å². The molecule has 2 aromatic carbocycles. The highest BCUT2D eigenvalue weighted by molar-refractivity contribution is 5.91. The quantitative estimate of drug-likeness (QED) is 0.722. The van der Waals surface area contributed by atoms with Crippen molar-refractivity contribution in [3.05, 3.63) is 77.5 Å². The number of hydrogen-bond donors (Lipinski definition) is 1. The van der Waals surface area contributed by atoms with Crippen molar-refractivity contribution in [1.82, 2.24) is 4.57 Å². The lowest BCUT2D eigenvalue weighted by molar-refractivity contribution is -0.131. The van der Waals surface area contributed by atoms with Gasteiger partial charge in [-0.2, -0.15) is 0 Å². The molecule has 0 aliphatic heterocycles. The number of benzene rings is 2. The lowest BCUT2D eigenvalue weighted by Gasteiger charge is -2.07. The van der Waals surface area contributed by atoms with Crippen LogP contribution in [0.2, 0.25) is 0 Å². The Morgan fingerprint density at radius 3 is 2.57 bits per heavy atom. The number of allylic oxidation sites excluding steroid dienone is 1. The second kappa shape index (κ2) is 6.13. The maximum atomic E-state index is 10.8. The standard InChI is InChI=1S/C20H19NO2/c1-14-3-5-16(6-4-14)13-21-10-9-18-12-17(7-8-19(18)21)15(2)11-20(22)23/h3-12H,13H2,1-2H3,(H,22,23). The summed E-state index contributed by atoms with van der Waals surface area (Å²) in [4.78, 5) is 10.8. The van der Waals surface area contributed by atoms with Crippen LogP contribution in [0.15, 0.2) is 60.8 Å². The lowest BCUT2D eigenvalue weighted by atomic mass is 10.1. The number of rotatable bonds is 4. The molecule has 0 radical (unpaired) electrons. The van der Waals surface area contributed by atoms with Crippen molar-refractivity contribution in [2.45, 2.75) is 20.4 Å². The van der Waals surface area contributed by atoms with Crippen LogP contribution in [0, 0.1) is 6.92 Å². The maximum Gasteiger partial charge on any atom is 0.328 e. The first kappa shape index (κ1) is 15.1. The van der Waals surface area contributed by atoms with Gasteiger partial charge >= 0.3 is 5.97 Å². The Morgan fingerprint density at radius 1 is 1.13 bits per heavy atom. The second-order valence-corrected chi connectivity index (χ2v) is 5.87. The van der Waals surface area contributed by atoms with E-state index in [1.54, 1.807) is 0 Å². The zero-order valence-electron chi connectivity index (χ0n) is 13.3. The number of fused-ring (bicyclic) bond motifs is 1. The van der Waals surface area contributed by atoms with Gasteiger partial charge in [0.1, 0.15) is 0 Å². The van der Waals surface area contributed by atoms with Crippen LogP contribution < -0.4 is 0 Å². The van der Waals surface area contributed by atoms with Crippen molar-refractivity contribution < 1.29 is 9.90 Å². The van der Waals surface area contributed by atoms with Crippen LogP contribution in [-0.4, -0.2) is 15.6 Å². The van der Waals surface area contributed by atoms with E-state index in [0.29, 0.717) is 0 Å². The van der Waals surface area contributed by atoms with Crippen molar-refractivity contribution >= 4 is 22.4 Å². The molecule has 1 N–H and O–H groups in total. The van der Waals surface area contributed by atoms with Crippen molar-refractivity contribution in [2.75, 3.05) is 0 Å². The van der Waals surface area contributed by atoms with Crippen LogP contribution in [-0.2, 0) is 11.3 Å². The van der Waals surface area contributed by atoms with E-state index in [-0.39, 0.29) is 0 Å². The average Bonchev–Trinajstić information content (AvgIpc) is 2.91. The van der Waals surface area contributed by atoms with Gasteiger partial charge in [-0.25, -0.2) is 4.79 Å². The Bertz CT molecular complexity index is 886. The van der Waals surface area contributed by atoms with E-state index < -0.39 is 5.97 Å². The van der Waals surface area contributed by atoms with Gasteiger partial charge in [0.25, 0.3) is 0 Å². The summed E-state index contributed by atoms with van der Waals surface area (Å²) >= 11 is 0. The fraction of sp³-hybridized carbons (Fsp3) is 0.150. The number of nitrogens with zero attached hydrogens (tertiary/aromatic N) is 1. The van der Waals surface area contributed by atoms with Gasteiger partial charge in [-0.1, -0.05) is 35.9 Å². The van der Waals surface area contributed by atoms with E-state index in [2.05, 4.69) is 54.1 Å². The first-order valence-corrected chi connectivity index (χ1v) is 7.59. The summed E-state index contributed by atoms with van der Waals surface area (Å²) in [5.74, 6) is -0.917. The summed E-state index contributed by atoms with van der Waals surface area (Å²) in [6.07, 6.45) is 3.31. The van der Waals surface area contributed by atoms with E-state index in [4.69, 9.17) is 5.11 Å². The van der Waals surface area contributed by atoms with Crippen LogP contribution >= 0.6 is 0 Å². The van der Waals surface area contributed by atoms with Gasteiger partial charge in [-0.15, -0.1) is 0 Å². The molecule has 3 rings (SSSR count). The predicted octanol–water partition coefficient (Wildman–Crippen LogP) is 4.49. The first-order valence-electron chi connectivity index (χ1n) is 7.59. The normalized spacial score (nSPS) is 11.8. The van der Waals surface area contributed by atoms with Crippen LogP contribution in [0.3, 0.4) is 0 Å². The highest BCUT2D eigenvalue weighted by Gasteiger charge is 2.05. The van der Waals surface area contributed by atoms with Crippen LogP contribution in [0.5, 0.6) is 0 Å². The third kappa shape index (κ3) is 3.34. The molecule has 0 saturated carbocycles. The van der Waals surface area contributed by atoms with E-state index >= 15 is 0 Å². The van der Waals surface area contributed by atoms with Crippen molar-refractivity contribution in [3.63, 3.8) is 0 Å². The number of carboxylic acid groups (broad SMARTS) is 1. The lowest BCUT2D eigenvalue weighted by Crippen LogP contribution is -1.97. The Balaban J connectivity index is 1.92. The molecule has 0 unspecified atom stereocenters. The molecular formula is C20H19NO2. The topological polar surface area (TPSA) is 42.2 Å². The molecule has 0 saturated heterocycles. The van der Waals surface area contributed by atoms with Gasteiger partial charge in [0.05, 0.1) is 0 Å². The number of aromatic nitrogens is 1. The molecule has 0 aliphatic carbocycles. The molecule has 23 heavy (non-hydrogen) atoms. The van der Waals surface area contributed by atoms with E-state index in [9.17, 15) is 4.79 Å². The third-order valence-corrected chi connectivity index (χ3v) is 4.04. The van der Waals surface area contributed by atoms with Crippen LogP contribution in [0.1, 0.15) is 23.6 Å². The number of hydrogen-bond acceptors (Lipinski definition) is 1. The highest BCUT2D eigenvalue weighted by atomic mass is 16.4. The van der Waals surface area contributed by atoms with E-state index in [1.807, 2.05) is 19.1 Å². The summed E-state index contributed by atoms with van der Waals surface area (Å²) in [5.41, 5.74) is 5.37. The molecule has 1 aromatic heterocycles. The van der Waals surface area contributed by atoms with Crippen LogP contribution in [0.25, 0.3) is 16.5 Å². The summed E-state index contributed by atoms with van der Waals surface area (Å²) in [6, 6.07) is 16.7. The molecular weight excluding hydrogens is 286 g/mol. The molecule has 0 fully saturated rings. The van der Waals surface area contributed by atoms with Crippen molar-refractivity contribution in [3.8, 4) is 0 Å². The Morgan fingerprint density at radius 2 is 1.87 bits per heavy atom. The fourth-order valence-corrected chi connectivity index (χ4v) is 2.74. The Kier molecular flexibility index (Phi) is 4.02. The average molecular weight is 305 g/mol. The first-order chi connectivity index (χ1) is 11.0. The molecule has 3 nitrogen and oxygen atoms in total. The molecule has 3 aromatic rings. The minimum Gasteiger partial charge on any atom is -0.478 e. The zero-order valence-corrected chi connectivity index (χ0v) is 13.3. The molecule has 0 amide bonds. The summed E-state index contributed by atoms with van der Waals surface area (Å²) < 4.78 is 2.21. The number of aliphatic carboxylic acids is 1. The Labute approximate surface area is 135 Å². The zero-order chi connectivity index (χ0) is 16.4. The minimum absolute atomic E-state index is 0.755. The molecule has 3 heteroatoms. The molecule has 0 atom stereocenters. The summed E-state index contributed by atoms with van der Waals surface area (Å²) in [7, 11) is 0. The molecule has 0 aliphatic rings. The highest BCUT2D eigenvalue weighted by Crippen LogP contribution is 2.23. The van der Waals surface area contributed by atoms with Crippen molar-refractivity contribution in [2.24, 2.45) is 0 Å². The molecule has 0 spiro atoms. The van der Waals surface area contributed by atoms with E-state index in [1.165, 1.54) is 17.2 Å². The molecule has 0 bridgehead atoms. The monoisotopic (exact) mass is 305 g/mol. The number of carboxylic acids is 1. The van der Waals surface area contributed by atoms with E-state index in [0.717, 1.165) is 28.6 Å².